The van der Waals surface area contributed by atoms with E-state index < -0.39 is 21.6 Å². The molecule has 5 aromatic rings. The summed E-state index contributed by atoms with van der Waals surface area (Å²) in [6.45, 7) is 1.48. The summed E-state index contributed by atoms with van der Waals surface area (Å²) >= 11 is 0. The predicted octanol–water partition coefficient (Wildman–Crippen LogP) is 2.89. The number of nitrogens with zero attached hydrogens (tertiary/aromatic N) is 8. The average Bonchev–Trinajstić information content (AvgIpc) is 3.48. The molecule has 0 atom stereocenters. The van der Waals surface area contributed by atoms with Gasteiger partial charge in [-0.2, -0.15) is 23.4 Å². The summed E-state index contributed by atoms with van der Waals surface area (Å²) in [6, 6.07) is 4.27. The molecule has 0 aliphatic rings. The first-order valence-corrected chi connectivity index (χ1v) is 11.7. The van der Waals surface area contributed by atoms with E-state index in [1.807, 2.05) is 0 Å². The van der Waals surface area contributed by atoms with E-state index in [1.54, 1.807) is 37.1 Å². The maximum atomic E-state index is 13.2. The highest BCUT2D eigenvalue weighted by atomic mass is 32.2. The summed E-state index contributed by atoms with van der Waals surface area (Å²) in [5.74, 6) is -0.163. The van der Waals surface area contributed by atoms with Crippen LogP contribution >= 0.6 is 0 Å². The highest BCUT2D eigenvalue weighted by Gasteiger charge is 2.33. The van der Waals surface area contributed by atoms with E-state index in [0.717, 1.165) is 6.07 Å². The topological polar surface area (TPSA) is 113 Å². The molecule has 0 spiro atoms. The monoisotopic (exact) mass is 490 g/mol. The molecule has 5 rings (SSSR count). The Labute approximate surface area is 190 Å². The molecule has 0 bridgehead atoms. The van der Waals surface area contributed by atoms with Crippen LogP contribution in [0.2, 0.25) is 0 Å². The molecule has 10 nitrogen and oxygen atoms in total. The van der Waals surface area contributed by atoms with Crippen molar-refractivity contribution in [3.05, 3.63) is 42.4 Å². The number of alkyl halides is 3. The third kappa shape index (κ3) is 3.24. The van der Waals surface area contributed by atoms with Gasteiger partial charge in [0.2, 0.25) is 0 Å². The zero-order chi connectivity index (χ0) is 24.4. The Kier molecular flexibility index (Phi) is 4.76. The Bertz CT molecular complexity index is 1680. The average molecular weight is 490 g/mol. The number of fused-ring (bicyclic) bond motifs is 2. The van der Waals surface area contributed by atoms with Gasteiger partial charge in [-0.3, -0.25) is 4.68 Å². The van der Waals surface area contributed by atoms with E-state index in [0.29, 0.717) is 17.6 Å². The van der Waals surface area contributed by atoms with Crippen LogP contribution in [0.4, 0.5) is 13.2 Å². The Morgan fingerprint density at radius 3 is 2.41 bits per heavy atom. The zero-order valence-corrected chi connectivity index (χ0v) is 18.9. The van der Waals surface area contributed by atoms with Crippen LogP contribution in [0.15, 0.2) is 41.8 Å². The molecule has 176 valence electrons. The number of halogens is 3. The Morgan fingerprint density at radius 1 is 1.03 bits per heavy atom. The van der Waals surface area contributed by atoms with E-state index in [9.17, 15) is 21.6 Å². The van der Waals surface area contributed by atoms with Gasteiger partial charge in [0, 0.05) is 32.7 Å². The molecule has 0 radical (unpaired) electrons. The summed E-state index contributed by atoms with van der Waals surface area (Å²) in [4.78, 5) is 12.6. The van der Waals surface area contributed by atoms with E-state index in [2.05, 4.69) is 25.1 Å². The fourth-order valence-electron chi connectivity index (χ4n) is 3.75. The molecule has 5 aromatic heterocycles. The fraction of sp³-hybridized carbons (Fsp3) is 0.250. The van der Waals surface area contributed by atoms with Crippen molar-refractivity contribution < 1.29 is 21.6 Å². The number of aryl methyl sites for hydroxylation is 2. The highest BCUT2D eigenvalue weighted by Crippen LogP contribution is 2.35. The molecule has 0 saturated carbocycles. The minimum absolute atomic E-state index is 0.0330. The molecule has 0 unspecified atom stereocenters. The lowest BCUT2D eigenvalue weighted by molar-refractivity contribution is -0.137. The van der Waals surface area contributed by atoms with Gasteiger partial charge in [-0.1, -0.05) is 6.92 Å². The first-order valence-electron chi connectivity index (χ1n) is 10.0. The second-order valence-electron chi connectivity index (χ2n) is 7.55. The summed E-state index contributed by atoms with van der Waals surface area (Å²) in [5, 5.41) is 8.24. The molecular formula is C20H17F3N8O2S. The molecule has 0 N–H and O–H groups in total. The first kappa shape index (κ1) is 22.0. The van der Waals surface area contributed by atoms with Gasteiger partial charge >= 0.3 is 6.18 Å². The molecule has 0 aliphatic carbocycles. The lowest BCUT2D eigenvalue weighted by Crippen LogP contribution is -2.07. The maximum absolute atomic E-state index is 13.2. The minimum atomic E-state index is -4.60. The summed E-state index contributed by atoms with van der Waals surface area (Å²) in [6.07, 6.45) is -0.801. The lowest BCUT2D eigenvalue weighted by Gasteiger charge is -2.06. The third-order valence-electron chi connectivity index (χ3n) is 5.50. The van der Waals surface area contributed by atoms with Crippen molar-refractivity contribution >= 4 is 26.6 Å². The van der Waals surface area contributed by atoms with Gasteiger partial charge in [-0.25, -0.2) is 27.9 Å². The van der Waals surface area contributed by atoms with E-state index >= 15 is 0 Å². The van der Waals surface area contributed by atoms with Crippen molar-refractivity contribution in [3.8, 4) is 22.8 Å². The molecule has 14 heteroatoms. The van der Waals surface area contributed by atoms with Crippen LogP contribution in [-0.2, 0) is 30.1 Å². The van der Waals surface area contributed by atoms with Crippen LogP contribution in [-0.4, -0.2) is 53.1 Å². The lowest BCUT2D eigenvalue weighted by atomic mass is 10.2. The minimum Gasteiger partial charge on any atom is -0.312 e. The van der Waals surface area contributed by atoms with Gasteiger partial charge in [0.1, 0.15) is 16.9 Å². The number of imidazole rings is 1. The standard InChI is InChI=1S/C20H17F3N8O2S/c1-4-34(32,33)19-15(17-24-7-5-14(31(17)28-19)13-6-8-26-30(13)3)18-27-12-9-11(20(21,22)23)10-25-16(12)29(18)2/h5-10H,4H2,1-3H3. The Morgan fingerprint density at radius 2 is 1.76 bits per heavy atom. The van der Waals surface area contributed by atoms with Crippen molar-refractivity contribution in [1.82, 2.24) is 38.9 Å². The fourth-order valence-corrected chi connectivity index (χ4v) is 4.72. The molecule has 0 aromatic carbocycles. The molecule has 0 amide bonds. The largest absolute Gasteiger partial charge is 0.417 e. The van der Waals surface area contributed by atoms with Crippen molar-refractivity contribution in [2.45, 2.75) is 18.1 Å². The molecule has 0 saturated heterocycles. The van der Waals surface area contributed by atoms with Crippen LogP contribution in [0.1, 0.15) is 12.5 Å². The van der Waals surface area contributed by atoms with Crippen molar-refractivity contribution in [1.29, 1.82) is 0 Å². The number of aromatic nitrogens is 8. The predicted molar refractivity (Wildman–Crippen MR) is 115 cm³/mol. The smallest absolute Gasteiger partial charge is 0.312 e. The van der Waals surface area contributed by atoms with Crippen LogP contribution < -0.4 is 0 Å². The second-order valence-corrected chi connectivity index (χ2v) is 9.74. The van der Waals surface area contributed by atoms with Crippen LogP contribution in [0, 0.1) is 0 Å². The number of sulfone groups is 1. The number of pyridine rings is 1. The van der Waals surface area contributed by atoms with Crippen LogP contribution in [0.25, 0.3) is 39.6 Å². The Hall–Kier alpha value is -3.81. The summed E-state index contributed by atoms with van der Waals surface area (Å²) in [7, 11) is -0.598. The van der Waals surface area contributed by atoms with Crippen molar-refractivity contribution in [2.24, 2.45) is 14.1 Å². The van der Waals surface area contributed by atoms with Crippen LogP contribution in [0.3, 0.4) is 0 Å². The number of hydrogen-bond acceptors (Lipinski definition) is 7. The van der Waals surface area contributed by atoms with E-state index in [1.165, 1.54) is 22.2 Å². The van der Waals surface area contributed by atoms with E-state index in [-0.39, 0.29) is 39.0 Å². The van der Waals surface area contributed by atoms with E-state index in [4.69, 9.17) is 0 Å². The first-order chi connectivity index (χ1) is 16.0. The number of hydrogen-bond donors (Lipinski definition) is 0. The summed E-state index contributed by atoms with van der Waals surface area (Å²) in [5.41, 5.74) is 0.616. The van der Waals surface area contributed by atoms with Gasteiger partial charge < -0.3 is 4.57 Å². The molecule has 34 heavy (non-hydrogen) atoms. The quantitative estimate of drug-likeness (QED) is 0.381. The van der Waals surface area contributed by atoms with Crippen LogP contribution in [0.5, 0.6) is 0 Å². The molecule has 5 heterocycles. The van der Waals surface area contributed by atoms with Gasteiger partial charge in [0.05, 0.1) is 22.7 Å². The van der Waals surface area contributed by atoms with Gasteiger partial charge in [-0.15, -0.1) is 0 Å². The zero-order valence-electron chi connectivity index (χ0n) is 18.1. The second kappa shape index (κ2) is 7.35. The number of rotatable bonds is 4. The van der Waals surface area contributed by atoms with Gasteiger partial charge in [0.15, 0.2) is 26.2 Å². The Balaban J connectivity index is 1.86. The highest BCUT2D eigenvalue weighted by molar-refractivity contribution is 7.91. The van der Waals surface area contributed by atoms with Crippen molar-refractivity contribution in [2.75, 3.05) is 5.75 Å². The normalized spacial score (nSPS) is 12.8. The van der Waals surface area contributed by atoms with Crippen molar-refractivity contribution in [3.63, 3.8) is 0 Å². The van der Waals surface area contributed by atoms with Gasteiger partial charge in [0.25, 0.3) is 0 Å². The SMILES string of the molecule is CCS(=O)(=O)c1nn2c(-c3ccnn3C)ccnc2c1-c1nc2cc(C(F)(F)F)cnc2n1C. The third-order valence-corrected chi connectivity index (χ3v) is 7.14. The molecule has 0 aliphatic heterocycles. The summed E-state index contributed by atoms with van der Waals surface area (Å²) < 4.78 is 70.0. The maximum Gasteiger partial charge on any atom is 0.417 e. The molecular weight excluding hydrogens is 473 g/mol. The van der Waals surface area contributed by atoms with Gasteiger partial charge in [-0.05, 0) is 18.2 Å². The molecule has 0 fully saturated rings.